The number of nitrogens with one attached hydrogen (secondary N) is 3. The fourth-order valence-electron chi connectivity index (χ4n) is 2.75. The van der Waals surface area contributed by atoms with Crippen molar-refractivity contribution in [1.29, 1.82) is 0 Å². The topological polar surface area (TPSA) is 104 Å². The van der Waals surface area contributed by atoms with Crippen molar-refractivity contribution in [2.45, 2.75) is 18.7 Å². The van der Waals surface area contributed by atoms with E-state index in [0.29, 0.717) is 22.1 Å². The first-order valence-corrected chi connectivity index (χ1v) is 11.1. The van der Waals surface area contributed by atoms with Crippen molar-refractivity contribution in [2.24, 2.45) is 0 Å². The van der Waals surface area contributed by atoms with Gasteiger partial charge in [0.05, 0.1) is 4.90 Å². The Morgan fingerprint density at radius 2 is 1.45 bits per heavy atom. The molecule has 0 radical (unpaired) electrons. The number of benzene rings is 3. The molecule has 9 heteroatoms. The third-order valence-corrected chi connectivity index (χ3v) is 5.98. The number of amides is 2. The molecule has 0 aliphatic heterocycles. The molecular formula is C22H20ClN3O4S. The van der Waals surface area contributed by atoms with E-state index in [1.54, 1.807) is 42.5 Å². The Hall–Kier alpha value is -3.36. The minimum atomic E-state index is -3.82. The van der Waals surface area contributed by atoms with E-state index >= 15 is 0 Å². The highest BCUT2D eigenvalue weighted by molar-refractivity contribution is 7.92. The summed E-state index contributed by atoms with van der Waals surface area (Å²) < 4.78 is 27.6. The fourth-order valence-corrected chi connectivity index (χ4v) is 3.93. The van der Waals surface area contributed by atoms with Crippen LogP contribution in [-0.2, 0) is 14.8 Å². The molecule has 0 unspecified atom stereocenters. The summed E-state index contributed by atoms with van der Waals surface area (Å²) in [5.41, 5.74) is 2.57. The van der Waals surface area contributed by atoms with E-state index in [1.807, 2.05) is 6.92 Å². The summed E-state index contributed by atoms with van der Waals surface area (Å²) in [5.74, 6) is -0.622. The third-order valence-electron chi connectivity index (χ3n) is 4.33. The van der Waals surface area contributed by atoms with Crippen LogP contribution >= 0.6 is 11.6 Å². The normalized spacial score (nSPS) is 10.9. The predicted octanol–water partition coefficient (Wildman–Crippen LogP) is 4.66. The fraction of sp³-hybridized carbons (Fsp3) is 0.0909. The number of halogens is 1. The summed E-state index contributed by atoms with van der Waals surface area (Å²) in [5, 5.41) is 5.93. The number of aryl methyl sites for hydroxylation is 1. The highest BCUT2D eigenvalue weighted by Crippen LogP contribution is 2.22. The Labute approximate surface area is 185 Å². The Kier molecular flexibility index (Phi) is 6.62. The average molecular weight is 458 g/mol. The van der Waals surface area contributed by atoms with Gasteiger partial charge < -0.3 is 10.6 Å². The minimum absolute atomic E-state index is 0.0165. The molecule has 0 aliphatic carbocycles. The number of carbonyl (C=O) groups is 2. The van der Waals surface area contributed by atoms with Gasteiger partial charge in [-0.05, 0) is 73.2 Å². The second-order valence-corrected chi connectivity index (χ2v) is 8.92. The molecule has 0 heterocycles. The van der Waals surface area contributed by atoms with Gasteiger partial charge in [0, 0.05) is 34.6 Å². The first kappa shape index (κ1) is 22.3. The second kappa shape index (κ2) is 9.20. The maximum absolute atomic E-state index is 12.6. The lowest BCUT2D eigenvalue weighted by atomic mass is 10.1. The molecule has 160 valence electrons. The van der Waals surface area contributed by atoms with E-state index in [4.69, 9.17) is 11.6 Å². The van der Waals surface area contributed by atoms with Gasteiger partial charge in [0.25, 0.3) is 15.9 Å². The maximum Gasteiger partial charge on any atom is 0.261 e. The zero-order chi connectivity index (χ0) is 22.6. The lowest BCUT2D eigenvalue weighted by molar-refractivity contribution is -0.114. The maximum atomic E-state index is 12.6. The molecule has 0 atom stereocenters. The molecule has 31 heavy (non-hydrogen) atoms. The number of sulfonamides is 1. The third kappa shape index (κ3) is 5.84. The van der Waals surface area contributed by atoms with Crippen molar-refractivity contribution in [3.8, 4) is 0 Å². The summed E-state index contributed by atoms with van der Waals surface area (Å²) in [4.78, 5) is 23.9. The lowest BCUT2D eigenvalue weighted by Gasteiger charge is -2.12. The molecular weight excluding hydrogens is 438 g/mol. The SMILES string of the molecule is CC(=O)Nc1ccc(C)c(NC(=O)c2ccc(S(=O)(=O)Nc3ccc(Cl)cc3)cc2)c1. The largest absolute Gasteiger partial charge is 0.326 e. The van der Waals surface area contributed by atoms with E-state index in [1.165, 1.54) is 31.2 Å². The van der Waals surface area contributed by atoms with E-state index in [9.17, 15) is 18.0 Å². The van der Waals surface area contributed by atoms with E-state index in [2.05, 4.69) is 15.4 Å². The summed E-state index contributed by atoms with van der Waals surface area (Å²) >= 11 is 5.81. The van der Waals surface area contributed by atoms with Crippen LogP contribution in [0.25, 0.3) is 0 Å². The van der Waals surface area contributed by atoms with E-state index < -0.39 is 15.9 Å². The van der Waals surface area contributed by atoms with Gasteiger partial charge in [-0.15, -0.1) is 0 Å². The van der Waals surface area contributed by atoms with Gasteiger partial charge in [0.1, 0.15) is 0 Å². The monoisotopic (exact) mass is 457 g/mol. The minimum Gasteiger partial charge on any atom is -0.326 e. The molecule has 0 fully saturated rings. The van der Waals surface area contributed by atoms with E-state index in [0.717, 1.165) is 5.56 Å². The van der Waals surface area contributed by atoms with Crippen molar-refractivity contribution in [3.05, 3.63) is 82.9 Å². The zero-order valence-corrected chi connectivity index (χ0v) is 18.3. The Morgan fingerprint density at radius 3 is 2.06 bits per heavy atom. The van der Waals surface area contributed by atoms with Crippen molar-refractivity contribution in [2.75, 3.05) is 15.4 Å². The lowest BCUT2D eigenvalue weighted by Crippen LogP contribution is -2.15. The number of hydrogen-bond donors (Lipinski definition) is 3. The predicted molar refractivity (Wildman–Crippen MR) is 122 cm³/mol. The standard InChI is InChI=1S/C22H20ClN3O4S/c1-14-3-8-19(24-15(2)27)13-21(14)25-22(28)16-4-11-20(12-5-16)31(29,30)26-18-9-6-17(23)7-10-18/h3-13,26H,1-2H3,(H,24,27)(H,25,28). The van der Waals surface area contributed by atoms with Crippen LogP contribution in [0.2, 0.25) is 5.02 Å². The highest BCUT2D eigenvalue weighted by atomic mass is 35.5. The van der Waals surface area contributed by atoms with Crippen LogP contribution in [0.15, 0.2) is 71.6 Å². The van der Waals surface area contributed by atoms with Gasteiger partial charge in [0.2, 0.25) is 5.91 Å². The van der Waals surface area contributed by atoms with Crippen molar-refractivity contribution in [1.82, 2.24) is 0 Å². The van der Waals surface area contributed by atoms with Crippen LogP contribution < -0.4 is 15.4 Å². The smallest absolute Gasteiger partial charge is 0.261 e. The van der Waals surface area contributed by atoms with Crippen LogP contribution in [0.5, 0.6) is 0 Å². The van der Waals surface area contributed by atoms with Gasteiger partial charge >= 0.3 is 0 Å². The van der Waals surface area contributed by atoms with Crippen LogP contribution in [-0.4, -0.2) is 20.2 Å². The van der Waals surface area contributed by atoms with E-state index in [-0.39, 0.29) is 16.4 Å². The first-order chi connectivity index (χ1) is 14.6. The summed E-state index contributed by atoms with van der Waals surface area (Å²) in [6.07, 6.45) is 0. The molecule has 0 aliphatic rings. The summed E-state index contributed by atoms with van der Waals surface area (Å²) in [7, 11) is -3.82. The highest BCUT2D eigenvalue weighted by Gasteiger charge is 2.16. The van der Waals surface area contributed by atoms with Crippen LogP contribution in [0.4, 0.5) is 17.1 Å². The van der Waals surface area contributed by atoms with Gasteiger partial charge in [-0.25, -0.2) is 8.42 Å². The molecule has 0 aromatic heterocycles. The Balaban J connectivity index is 1.74. The molecule has 0 saturated heterocycles. The molecule has 0 spiro atoms. The van der Waals surface area contributed by atoms with Gasteiger partial charge in [-0.2, -0.15) is 0 Å². The molecule has 3 rings (SSSR count). The molecule has 0 bridgehead atoms. The zero-order valence-electron chi connectivity index (χ0n) is 16.8. The molecule has 3 N–H and O–H groups in total. The van der Waals surface area contributed by atoms with Gasteiger partial charge in [-0.3, -0.25) is 14.3 Å². The summed E-state index contributed by atoms with van der Waals surface area (Å²) in [6, 6.07) is 17.0. The number of carbonyl (C=O) groups excluding carboxylic acids is 2. The van der Waals surface area contributed by atoms with Crippen molar-refractivity contribution >= 4 is 50.5 Å². The molecule has 0 saturated carbocycles. The quantitative estimate of drug-likeness (QED) is 0.500. The molecule has 2 amide bonds. The number of anilines is 3. The number of rotatable bonds is 6. The van der Waals surface area contributed by atoms with Gasteiger partial charge in [-0.1, -0.05) is 17.7 Å². The Bertz CT molecular complexity index is 1220. The van der Waals surface area contributed by atoms with Gasteiger partial charge in [0.15, 0.2) is 0 Å². The average Bonchev–Trinajstić information content (AvgIpc) is 2.72. The van der Waals surface area contributed by atoms with Crippen LogP contribution in [0.3, 0.4) is 0 Å². The second-order valence-electron chi connectivity index (χ2n) is 6.80. The first-order valence-electron chi connectivity index (χ1n) is 9.22. The Morgan fingerprint density at radius 1 is 0.839 bits per heavy atom. The molecule has 3 aromatic carbocycles. The summed E-state index contributed by atoms with van der Waals surface area (Å²) in [6.45, 7) is 3.22. The van der Waals surface area contributed by atoms with Crippen LogP contribution in [0, 0.1) is 6.92 Å². The van der Waals surface area contributed by atoms with Crippen LogP contribution in [0.1, 0.15) is 22.8 Å². The molecule has 7 nitrogen and oxygen atoms in total. The van der Waals surface area contributed by atoms with Crippen molar-refractivity contribution < 1.29 is 18.0 Å². The van der Waals surface area contributed by atoms with Crippen molar-refractivity contribution in [3.63, 3.8) is 0 Å². The number of hydrogen-bond acceptors (Lipinski definition) is 4. The molecule has 3 aromatic rings.